The van der Waals surface area contributed by atoms with Crippen molar-refractivity contribution in [1.29, 1.82) is 0 Å². The maximum absolute atomic E-state index is 10.3. The zero-order chi connectivity index (χ0) is 17.2. The molecule has 0 saturated heterocycles. The van der Waals surface area contributed by atoms with Crippen molar-refractivity contribution in [3.8, 4) is 0 Å². The van der Waals surface area contributed by atoms with Crippen molar-refractivity contribution >= 4 is 5.97 Å². The molecule has 0 amide bonds. The third-order valence-corrected chi connectivity index (χ3v) is 3.53. The number of aliphatic hydroxyl groups is 1. The number of carbonyl (C=O) groups is 1. The number of rotatable bonds is 14. The standard InChI is InChI=1S/C20H32O3/c1-2-3-4-5-6-7-8-9-10-11-12-13-14-15-16-17-18-19(21)20(22)23/h12-18,21H,2-11H2,1H3,(H,22,23). The highest BCUT2D eigenvalue weighted by molar-refractivity contribution is 5.83. The van der Waals surface area contributed by atoms with Crippen LogP contribution in [-0.4, -0.2) is 16.2 Å². The zero-order valence-electron chi connectivity index (χ0n) is 14.4. The van der Waals surface area contributed by atoms with E-state index < -0.39 is 11.7 Å². The van der Waals surface area contributed by atoms with Crippen LogP contribution >= 0.6 is 0 Å². The topological polar surface area (TPSA) is 57.5 Å². The lowest BCUT2D eigenvalue weighted by Crippen LogP contribution is -1.97. The fraction of sp³-hybridized carbons (Fsp3) is 0.550. The van der Waals surface area contributed by atoms with Gasteiger partial charge in [-0.3, -0.25) is 0 Å². The first kappa shape index (κ1) is 21.2. The first-order valence-electron chi connectivity index (χ1n) is 8.81. The van der Waals surface area contributed by atoms with Gasteiger partial charge in [-0.2, -0.15) is 0 Å². The number of unbranched alkanes of at least 4 members (excludes halogenated alkanes) is 9. The summed E-state index contributed by atoms with van der Waals surface area (Å²) in [5, 5.41) is 17.3. The Morgan fingerprint density at radius 3 is 1.87 bits per heavy atom. The van der Waals surface area contributed by atoms with Gasteiger partial charge in [0.2, 0.25) is 5.76 Å². The van der Waals surface area contributed by atoms with Crippen molar-refractivity contribution in [1.82, 2.24) is 0 Å². The van der Waals surface area contributed by atoms with Crippen molar-refractivity contribution < 1.29 is 15.0 Å². The number of hydrogen-bond donors (Lipinski definition) is 2. The summed E-state index contributed by atoms with van der Waals surface area (Å²) in [5.74, 6) is -1.98. The Morgan fingerprint density at radius 1 is 0.739 bits per heavy atom. The van der Waals surface area contributed by atoms with E-state index in [2.05, 4.69) is 13.0 Å². The highest BCUT2D eigenvalue weighted by Gasteiger charge is 1.99. The van der Waals surface area contributed by atoms with E-state index in [1.165, 1.54) is 63.9 Å². The molecule has 3 heteroatoms. The molecule has 2 N–H and O–H groups in total. The number of carboxylic acid groups (broad SMARTS) is 1. The van der Waals surface area contributed by atoms with Crippen LogP contribution in [0.4, 0.5) is 0 Å². The van der Waals surface area contributed by atoms with Crippen LogP contribution in [0.5, 0.6) is 0 Å². The van der Waals surface area contributed by atoms with Crippen LogP contribution in [0.2, 0.25) is 0 Å². The Bertz CT molecular complexity index is 403. The normalized spacial score (nSPS) is 12.8. The van der Waals surface area contributed by atoms with E-state index in [4.69, 9.17) is 10.2 Å². The largest absolute Gasteiger partial charge is 0.502 e. The van der Waals surface area contributed by atoms with Gasteiger partial charge >= 0.3 is 5.97 Å². The maximum atomic E-state index is 10.3. The van der Waals surface area contributed by atoms with Crippen LogP contribution in [0, 0.1) is 0 Å². The summed E-state index contributed by atoms with van der Waals surface area (Å²) < 4.78 is 0. The molecule has 0 aromatic heterocycles. The molecule has 0 aliphatic rings. The molecule has 0 aliphatic carbocycles. The van der Waals surface area contributed by atoms with Crippen LogP contribution < -0.4 is 0 Å². The minimum atomic E-state index is -1.32. The zero-order valence-corrected chi connectivity index (χ0v) is 14.4. The molecule has 0 unspecified atom stereocenters. The molecule has 0 rings (SSSR count). The third-order valence-electron chi connectivity index (χ3n) is 3.53. The molecule has 0 fully saturated rings. The number of aliphatic hydroxyl groups excluding tert-OH is 1. The molecule has 0 aliphatic heterocycles. The fourth-order valence-corrected chi connectivity index (χ4v) is 2.16. The summed E-state index contributed by atoms with van der Waals surface area (Å²) in [5.41, 5.74) is 0. The number of carboxylic acids is 1. The lowest BCUT2D eigenvalue weighted by Gasteiger charge is -2.00. The number of hydrogen-bond acceptors (Lipinski definition) is 2. The third kappa shape index (κ3) is 16.4. The minimum absolute atomic E-state index is 0.657. The summed E-state index contributed by atoms with van der Waals surface area (Å²) in [6, 6.07) is 0. The van der Waals surface area contributed by atoms with Crippen molar-refractivity contribution in [2.75, 3.05) is 0 Å². The minimum Gasteiger partial charge on any atom is -0.502 e. The molecule has 23 heavy (non-hydrogen) atoms. The summed E-state index contributed by atoms with van der Waals surface area (Å²) in [7, 11) is 0. The number of allylic oxidation sites excluding steroid dienone is 7. The van der Waals surface area contributed by atoms with E-state index in [-0.39, 0.29) is 0 Å². The van der Waals surface area contributed by atoms with Crippen LogP contribution in [0.25, 0.3) is 0 Å². The first-order chi connectivity index (χ1) is 11.2. The van der Waals surface area contributed by atoms with Gasteiger partial charge in [-0.15, -0.1) is 0 Å². The van der Waals surface area contributed by atoms with E-state index in [0.29, 0.717) is 0 Å². The van der Waals surface area contributed by atoms with Crippen LogP contribution in [0.15, 0.2) is 48.3 Å². The molecule has 0 atom stereocenters. The van der Waals surface area contributed by atoms with Gasteiger partial charge in [0.15, 0.2) is 0 Å². The van der Waals surface area contributed by atoms with E-state index >= 15 is 0 Å². The van der Waals surface area contributed by atoms with Gasteiger partial charge in [-0.05, 0) is 18.9 Å². The van der Waals surface area contributed by atoms with Gasteiger partial charge in [0.05, 0.1) is 0 Å². The Morgan fingerprint density at radius 2 is 1.26 bits per heavy atom. The van der Waals surface area contributed by atoms with Gasteiger partial charge in [0.1, 0.15) is 0 Å². The maximum Gasteiger partial charge on any atom is 0.370 e. The average molecular weight is 320 g/mol. The molecule has 0 spiro atoms. The van der Waals surface area contributed by atoms with Gasteiger partial charge in [-0.25, -0.2) is 4.79 Å². The van der Waals surface area contributed by atoms with Crippen LogP contribution in [0.3, 0.4) is 0 Å². The lowest BCUT2D eigenvalue weighted by molar-refractivity contribution is -0.135. The molecular weight excluding hydrogens is 288 g/mol. The van der Waals surface area contributed by atoms with E-state index in [1.54, 1.807) is 12.2 Å². The SMILES string of the molecule is CCCCCCCCCCCC=CC=CC=CC=C(O)C(=O)O. The molecule has 130 valence electrons. The Balaban J connectivity index is 3.47. The molecule has 0 saturated carbocycles. The Labute approximate surface area is 141 Å². The predicted molar refractivity (Wildman–Crippen MR) is 97.6 cm³/mol. The summed E-state index contributed by atoms with van der Waals surface area (Å²) >= 11 is 0. The molecule has 0 radical (unpaired) electrons. The molecule has 0 bridgehead atoms. The van der Waals surface area contributed by atoms with Crippen molar-refractivity contribution in [3.05, 3.63) is 48.3 Å². The lowest BCUT2D eigenvalue weighted by atomic mass is 10.1. The van der Waals surface area contributed by atoms with Crippen LogP contribution in [-0.2, 0) is 4.79 Å². The molecule has 0 heterocycles. The predicted octanol–water partition coefficient (Wildman–Crippen LogP) is 6.10. The second kappa shape index (κ2) is 16.6. The van der Waals surface area contributed by atoms with Crippen molar-refractivity contribution in [2.45, 2.75) is 71.1 Å². The van der Waals surface area contributed by atoms with Crippen molar-refractivity contribution in [2.24, 2.45) is 0 Å². The van der Waals surface area contributed by atoms with E-state index in [1.807, 2.05) is 12.2 Å². The summed E-state index contributed by atoms with van der Waals surface area (Å²) in [4.78, 5) is 10.3. The second-order valence-electron chi connectivity index (χ2n) is 5.67. The van der Waals surface area contributed by atoms with E-state index in [0.717, 1.165) is 12.5 Å². The van der Waals surface area contributed by atoms with Gasteiger partial charge in [-0.1, -0.05) is 94.7 Å². The summed E-state index contributed by atoms with van der Waals surface area (Å²) in [6.07, 6.45) is 25.4. The quantitative estimate of drug-likeness (QED) is 0.176. The smallest absolute Gasteiger partial charge is 0.370 e. The molecule has 0 aromatic rings. The Hall–Kier alpha value is -1.77. The highest BCUT2D eigenvalue weighted by Crippen LogP contribution is 2.10. The second-order valence-corrected chi connectivity index (χ2v) is 5.67. The Kier molecular flexibility index (Phi) is 15.3. The fourth-order valence-electron chi connectivity index (χ4n) is 2.16. The molecule has 0 aromatic carbocycles. The van der Waals surface area contributed by atoms with Gasteiger partial charge < -0.3 is 10.2 Å². The number of aliphatic carboxylic acids is 1. The first-order valence-corrected chi connectivity index (χ1v) is 8.81. The van der Waals surface area contributed by atoms with Gasteiger partial charge in [0, 0.05) is 0 Å². The van der Waals surface area contributed by atoms with Crippen LogP contribution in [0.1, 0.15) is 71.1 Å². The molecular formula is C20H32O3. The average Bonchev–Trinajstić information content (AvgIpc) is 2.54. The summed E-state index contributed by atoms with van der Waals surface area (Å²) in [6.45, 7) is 2.25. The molecule has 3 nitrogen and oxygen atoms in total. The van der Waals surface area contributed by atoms with E-state index in [9.17, 15) is 4.79 Å². The highest BCUT2D eigenvalue weighted by atomic mass is 16.4. The monoisotopic (exact) mass is 320 g/mol. The van der Waals surface area contributed by atoms with Crippen molar-refractivity contribution in [3.63, 3.8) is 0 Å². The van der Waals surface area contributed by atoms with Gasteiger partial charge in [0.25, 0.3) is 0 Å².